The van der Waals surface area contributed by atoms with Gasteiger partial charge in [0.05, 0.1) is 18.1 Å². The monoisotopic (exact) mass is 165 g/mol. The van der Waals surface area contributed by atoms with E-state index in [2.05, 4.69) is 23.8 Å². The maximum absolute atomic E-state index is 4.30. The Bertz CT molecular complexity index is 211. The minimum atomic E-state index is 0.453. The fourth-order valence-corrected chi connectivity index (χ4v) is 0.860. The lowest BCUT2D eigenvalue weighted by Crippen LogP contribution is -2.11. The Labute approximate surface area is 73.5 Å². The molecule has 1 heterocycles. The molecule has 0 N–H and O–H groups in total. The van der Waals surface area contributed by atoms with Crippen LogP contribution in [0.4, 0.5) is 5.82 Å². The average Bonchev–Trinajstić information content (AvgIpc) is 2.04. The highest BCUT2D eigenvalue weighted by atomic mass is 15.1. The average molecular weight is 165 g/mol. The Morgan fingerprint density at radius 1 is 1.17 bits per heavy atom. The van der Waals surface area contributed by atoms with Crippen molar-refractivity contribution < 1.29 is 0 Å². The van der Waals surface area contributed by atoms with E-state index in [0.717, 1.165) is 11.5 Å². The number of aromatic nitrogens is 2. The first-order valence-corrected chi connectivity index (χ1v) is 4.10. The number of rotatable bonds is 2. The van der Waals surface area contributed by atoms with Crippen molar-refractivity contribution in [1.29, 1.82) is 0 Å². The van der Waals surface area contributed by atoms with Gasteiger partial charge >= 0.3 is 0 Å². The highest BCUT2D eigenvalue weighted by Gasteiger charge is 2.01. The summed E-state index contributed by atoms with van der Waals surface area (Å²) in [7, 11) is 3.91. The second-order valence-electron chi connectivity index (χ2n) is 3.35. The van der Waals surface area contributed by atoms with Crippen LogP contribution in [-0.2, 0) is 0 Å². The third kappa shape index (κ3) is 1.94. The fourth-order valence-electron chi connectivity index (χ4n) is 0.860. The minimum absolute atomic E-state index is 0.453. The zero-order valence-electron chi connectivity index (χ0n) is 8.07. The summed E-state index contributed by atoms with van der Waals surface area (Å²) in [5.41, 5.74) is 1.04. The zero-order valence-corrected chi connectivity index (χ0v) is 8.07. The lowest BCUT2D eigenvalue weighted by atomic mass is 10.1. The maximum atomic E-state index is 4.30. The van der Waals surface area contributed by atoms with Gasteiger partial charge in [-0.15, -0.1) is 0 Å². The molecule has 1 aromatic heterocycles. The van der Waals surface area contributed by atoms with E-state index in [9.17, 15) is 0 Å². The number of anilines is 1. The first-order chi connectivity index (χ1) is 5.61. The lowest BCUT2D eigenvalue weighted by molar-refractivity contribution is 0.809. The molecule has 0 radical (unpaired) electrons. The summed E-state index contributed by atoms with van der Waals surface area (Å²) in [6.07, 6.45) is 3.63. The van der Waals surface area contributed by atoms with Gasteiger partial charge < -0.3 is 4.90 Å². The number of hydrogen-bond donors (Lipinski definition) is 0. The Balaban J connectivity index is 2.86. The van der Waals surface area contributed by atoms with Gasteiger partial charge in [-0.25, -0.2) is 4.98 Å². The summed E-state index contributed by atoms with van der Waals surface area (Å²) in [6, 6.07) is 0. The van der Waals surface area contributed by atoms with Crippen molar-refractivity contribution in [2.24, 2.45) is 0 Å². The SMILES string of the molecule is CC(C)c1cnc(N(C)C)cn1. The van der Waals surface area contributed by atoms with E-state index < -0.39 is 0 Å². The summed E-state index contributed by atoms with van der Waals surface area (Å²) in [5.74, 6) is 1.35. The highest BCUT2D eigenvalue weighted by Crippen LogP contribution is 2.11. The summed E-state index contributed by atoms with van der Waals surface area (Å²) in [4.78, 5) is 10.5. The third-order valence-corrected chi connectivity index (χ3v) is 1.71. The molecule has 1 rings (SSSR count). The summed E-state index contributed by atoms with van der Waals surface area (Å²) in [6.45, 7) is 4.22. The van der Waals surface area contributed by atoms with Gasteiger partial charge in [-0.1, -0.05) is 13.8 Å². The van der Waals surface area contributed by atoms with Crippen LogP contribution >= 0.6 is 0 Å². The van der Waals surface area contributed by atoms with Crippen molar-refractivity contribution in [3.8, 4) is 0 Å². The summed E-state index contributed by atoms with van der Waals surface area (Å²) < 4.78 is 0. The molecule has 1 aromatic rings. The van der Waals surface area contributed by atoms with Crippen LogP contribution in [0.2, 0.25) is 0 Å². The van der Waals surface area contributed by atoms with Crippen LogP contribution in [0.25, 0.3) is 0 Å². The zero-order chi connectivity index (χ0) is 9.14. The first kappa shape index (κ1) is 8.97. The normalized spacial score (nSPS) is 10.4. The molecule has 0 aliphatic rings. The minimum Gasteiger partial charge on any atom is -0.361 e. The molecule has 0 atom stereocenters. The van der Waals surface area contributed by atoms with E-state index in [1.807, 2.05) is 25.2 Å². The summed E-state index contributed by atoms with van der Waals surface area (Å²) in [5, 5.41) is 0. The van der Waals surface area contributed by atoms with Crippen LogP contribution in [0.15, 0.2) is 12.4 Å². The Morgan fingerprint density at radius 2 is 1.83 bits per heavy atom. The van der Waals surface area contributed by atoms with E-state index in [4.69, 9.17) is 0 Å². The molecule has 0 aromatic carbocycles. The Kier molecular flexibility index (Phi) is 2.63. The number of nitrogens with zero attached hydrogens (tertiary/aromatic N) is 3. The van der Waals surface area contributed by atoms with Crippen molar-refractivity contribution in [2.45, 2.75) is 19.8 Å². The quantitative estimate of drug-likeness (QED) is 0.667. The molecule has 66 valence electrons. The Hall–Kier alpha value is -1.12. The van der Waals surface area contributed by atoms with Crippen molar-refractivity contribution in [3.63, 3.8) is 0 Å². The van der Waals surface area contributed by atoms with Crippen molar-refractivity contribution in [1.82, 2.24) is 9.97 Å². The Morgan fingerprint density at radius 3 is 2.17 bits per heavy atom. The van der Waals surface area contributed by atoms with E-state index >= 15 is 0 Å². The number of hydrogen-bond acceptors (Lipinski definition) is 3. The molecule has 3 nitrogen and oxygen atoms in total. The topological polar surface area (TPSA) is 29.0 Å². The van der Waals surface area contributed by atoms with Crippen LogP contribution in [0, 0.1) is 0 Å². The lowest BCUT2D eigenvalue weighted by Gasteiger charge is -2.11. The largest absolute Gasteiger partial charge is 0.361 e. The van der Waals surface area contributed by atoms with Crippen LogP contribution in [-0.4, -0.2) is 24.1 Å². The molecule has 0 spiro atoms. The van der Waals surface area contributed by atoms with Gasteiger partial charge in [-0.3, -0.25) is 4.98 Å². The molecule has 12 heavy (non-hydrogen) atoms. The van der Waals surface area contributed by atoms with Gasteiger partial charge in [0, 0.05) is 14.1 Å². The van der Waals surface area contributed by atoms with Gasteiger partial charge in [0.25, 0.3) is 0 Å². The highest BCUT2D eigenvalue weighted by molar-refractivity contribution is 5.33. The summed E-state index contributed by atoms with van der Waals surface area (Å²) >= 11 is 0. The molecule has 0 unspecified atom stereocenters. The van der Waals surface area contributed by atoms with Gasteiger partial charge in [-0.2, -0.15) is 0 Å². The smallest absolute Gasteiger partial charge is 0.146 e. The van der Waals surface area contributed by atoms with E-state index in [1.54, 1.807) is 6.20 Å². The molecule has 0 amide bonds. The van der Waals surface area contributed by atoms with E-state index in [0.29, 0.717) is 5.92 Å². The molecule has 0 bridgehead atoms. The van der Waals surface area contributed by atoms with Crippen LogP contribution in [0.1, 0.15) is 25.5 Å². The van der Waals surface area contributed by atoms with Crippen LogP contribution in [0.5, 0.6) is 0 Å². The maximum Gasteiger partial charge on any atom is 0.146 e. The molecule has 0 saturated carbocycles. The van der Waals surface area contributed by atoms with Crippen LogP contribution < -0.4 is 4.90 Å². The molecule has 0 fully saturated rings. The third-order valence-electron chi connectivity index (χ3n) is 1.71. The molecule has 0 aliphatic carbocycles. The molecule has 0 saturated heterocycles. The predicted molar refractivity (Wildman–Crippen MR) is 50.4 cm³/mol. The standard InChI is InChI=1S/C9H15N3/c1-7(2)8-5-11-9(6-10-8)12(3)4/h5-7H,1-4H3. The fraction of sp³-hybridized carbons (Fsp3) is 0.556. The van der Waals surface area contributed by atoms with Crippen molar-refractivity contribution >= 4 is 5.82 Å². The second-order valence-corrected chi connectivity index (χ2v) is 3.35. The molecule has 0 aliphatic heterocycles. The predicted octanol–water partition coefficient (Wildman–Crippen LogP) is 1.67. The second kappa shape index (κ2) is 3.52. The van der Waals surface area contributed by atoms with Crippen molar-refractivity contribution in [2.75, 3.05) is 19.0 Å². The first-order valence-electron chi connectivity index (χ1n) is 4.10. The van der Waals surface area contributed by atoms with Crippen molar-refractivity contribution in [3.05, 3.63) is 18.1 Å². The molecule has 3 heteroatoms. The van der Waals surface area contributed by atoms with Crippen LogP contribution in [0.3, 0.4) is 0 Å². The van der Waals surface area contributed by atoms with Gasteiger partial charge in [0.2, 0.25) is 0 Å². The van der Waals surface area contributed by atoms with Gasteiger partial charge in [0.1, 0.15) is 5.82 Å². The van der Waals surface area contributed by atoms with E-state index in [-0.39, 0.29) is 0 Å². The van der Waals surface area contributed by atoms with Gasteiger partial charge in [-0.05, 0) is 5.92 Å². The molecular weight excluding hydrogens is 150 g/mol. The van der Waals surface area contributed by atoms with Gasteiger partial charge in [0.15, 0.2) is 0 Å². The molecular formula is C9H15N3. The van der Waals surface area contributed by atoms with E-state index in [1.165, 1.54) is 0 Å².